The molecule has 4 amide bonds. The normalized spacial score (nSPS) is 15.7. The van der Waals surface area contributed by atoms with Crippen LogP contribution in [0.2, 0.25) is 0 Å². The monoisotopic (exact) mass is 437 g/mol. The first kappa shape index (κ1) is 23.0. The third-order valence-electron chi connectivity index (χ3n) is 5.38. The van der Waals surface area contributed by atoms with Gasteiger partial charge in [-0.05, 0) is 37.1 Å². The Balaban J connectivity index is 1.79. The van der Waals surface area contributed by atoms with Gasteiger partial charge in [0.1, 0.15) is 11.8 Å². The lowest BCUT2D eigenvalue weighted by Gasteiger charge is -2.30. The van der Waals surface area contributed by atoms with Gasteiger partial charge in [-0.1, -0.05) is 50.2 Å². The number of amides is 4. The second-order valence-electron chi connectivity index (χ2n) is 7.48. The van der Waals surface area contributed by atoms with Crippen LogP contribution in [-0.2, 0) is 19.2 Å². The molecular weight excluding hydrogens is 410 g/mol. The molecule has 8 nitrogen and oxygen atoms in total. The molecule has 0 aliphatic carbocycles. The van der Waals surface area contributed by atoms with Crippen LogP contribution < -0.4 is 15.1 Å². The maximum atomic E-state index is 13.2. The molecule has 2 aromatic rings. The van der Waals surface area contributed by atoms with Gasteiger partial charge in [-0.2, -0.15) is 0 Å². The Morgan fingerprint density at radius 1 is 1.03 bits per heavy atom. The van der Waals surface area contributed by atoms with Gasteiger partial charge in [0.25, 0.3) is 11.8 Å². The van der Waals surface area contributed by atoms with E-state index in [2.05, 4.69) is 5.43 Å². The molecule has 0 radical (unpaired) electrons. The van der Waals surface area contributed by atoms with Crippen LogP contribution in [0.25, 0.3) is 0 Å². The van der Waals surface area contributed by atoms with Gasteiger partial charge in [-0.25, -0.2) is 9.91 Å². The molecule has 1 N–H and O–H groups in total. The van der Waals surface area contributed by atoms with E-state index in [0.29, 0.717) is 24.3 Å². The minimum Gasteiger partial charge on any atom is -0.484 e. The number of nitrogens with zero attached hydrogens (tertiary/aromatic N) is 2. The SMILES string of the molecule is CCC(CC)C(=O)N(NC(=O)COc1ccccc1)C1CC(=O)N(c2ccccc2)C1=O. The van der Waals surface area contributed by atoms with Crippen LogP contribution in [-0.4, -0.2) is 41.3 Å². The number of para-hydroxylation sites is 2. The van der Waals surface area contributed by atoms with E-state index in [9.17, 15) is 19.2 Å². The predicted molar refractivity (Wildman–Crippen MR) is 118 cm³/mol. The van der Waals surface area contributed by atoms with E-state index in [0.717, 1.165) is 9.91 Å². The van der Waals surface area contributed by atoms with Gasteiger partial charge in [0, 0.05) is 5.92 Å². The summed E-state index contributed by atoms with van der Waals surface area (Å²) in [5, 5.41) is 1.03. The van der Waals surface area contributed by atoms with Crippen molar-refractivity contribution in [2.24, 2.45) is 5.92 Å². The topological polar surface area (TPSA) is 96.0 Å². The highest BCUT2D eigenvalue weighted by atomic mass is 16.5. The number of ether oxygens (including phenoxy) is 1. The summed E-state index contributed by atoms with van der Waals surface area (Å²) in [5.74, 6) is -1.86. The van der Waals surface area contributed by atoms with Gasteiger partial charge in [0.2, 0.25) is 11.8 Å². The maximum absolute atomic E-state index is 13.2. The molecule has 0 aromatic heterocycles. The maximum Gasteiger partial charge on any atom is 0.276 e. The molecule has 168 valence electrons. The van der Waals surface area contributed by atoms with E-state index in [1.807, 2.05) is 19.9 Å². The summed E-state index contributed by atoms with van der Waals surface area (Å²) < 4.78 is 5.45. The van der Waals surface area contributed by atoms with Gasteiger partial charge in [-0.15, -0.1) is 0 Å². The van der Waals surface area contributed by atoms with Crippen molar-refractivity contribution in [3.05, 3.63) is 60.7 Å². The van der Waals surface area contributed by atoms with Crippen LogP contribution in [0, 0.1) is 5.92 Å². The van der Waals surface area contributed by atoms with E-state index in [4.69, 9.17) is 4.74 Å². The second kappa shape index (κ2) is 10.6. The molecule has 0 spiro atoms. The van der Waals surface area contributed by atoms with Crippen LogP contribution in [0.3, 0.4) is 0 Å². The molecule has 1 saturated heterocycles. The van der Waals surface area contributed by atoms with E-state index in [1.54, 1.807) is 54.6 Å². The zero-order valence-corrected chi connectivity index (χ0v) is 18.2. The number of anilines is 1. The van der Waals surface area contributed by atoms with E-state index in [1.165, 1.54) is 0 Å². The molecule has 3 rings (SSSR count). The van der Waals surface area contributed by atoms with Crippen molar-refractivity contribution in [1.29, 1.82) is 0 Å². The first-order valence-corrected chi connectivity index (χ1v) is 10.7. The summed E-state index contributed by atoms with van der Waals surface area (Å²) in [7, 11) is 0. The Morgan fingerprint density at radius 3 is 2.22 bits per heavy atom. The molecular formula is C24H27N3O5. The summed E-state index contributed by atoms with van der Waals surface area (Å²) in [6, 6.07) is 16.2. The molecule has 1 unspecified atom stereocenters. The van der Waals surface area contributed by atoms with Crippen molar-refractivity contribution >= 4 is 29.3 Å². The number of carbonyl (C=O) groups is 4. The number of rotatable bonds is 8. The molecule has 1 heterocycles. The zero-order chi connectivity index (χ0) is 23.1. The first-order valence-electron chi connectivity index (χ1n) is 10.7. The van der Waals surface area contributed by atoms with Crippen LogP contribution in [0.5, 0.6) is 5.75 Å². The molecule has 8 heteroatoms. The minimum absolute atomic E-state index is 0.209. The van der Waals surface area contributed by atoms with Gasteiger partial charge >= 0.3 is 0 Å². The molecule has 0 saturated carbocycles. The van der Waals surface area contributed by atoms with Crippen molar-refractivity contribution < 1.29 is 23.9 Å². The lowest BCUT2D eigenvalue weighted by Crippen LogP contribution is -2.57. The fraction of sp³-hybridized carbons (Fsp3) is 0.333. The van der Waals surface area contributed by atoms with Gasteiger partial charge in [0.15, 0.2) is 6.61 Å². The van der Waals surface area contributed by atoms with Crippen LogP contribution >= 0.6 is 0 Å². The fourth-order valence-corrected chi connectivity index (χ4v) is 3.62. The molecule has 2 aromatic carbocycles. The van der Waals surface area contributed by atoms with E-state index < -0.39 is 29.7 Å². The lowest BCUT2D eigenvalue weighted by molar-refractivity contribution is -0.151. The summed E-state index contributed by atoms with van der Waals surface area (Å²) >= 11 is 0. The van der Waals surface area contributed by atoms with Gasteiger partial charge in [-0.3, -0.25) is 24.6 Å². The van der Waals surface area contributed by atoms with E-state index in [-0.39, 0.29) is 18.9 Å². The van der Waals surface area contributed by atoms with Crippen molar-refractivity contribution in [3.8, 4) is 5.75 Å². The second-order valence-corrected chi connectivity index (χ2v) is 7.48. The highest BCUT2D eigenvalue weighted by Gasteiger charge is 2.46. The predicted octanol–water partition coefficient (Wildman–Crippen LogP) is 2.69. The number of carbonyl (C=O) groups excluding carboxylic acids is 4. The molecule has 1 fully saturated rings. The summed E-state index contributed by atoms with van der Waals surface area (Å²) in [4.78, 5) is 52.6. The highest BCUT2D eigenvalue weighted by Crippen LogP contribution is 2.26. The Bertz CT molecular complexity index is 960. The number of hydrogen-bond donors (Lipinski definition) is 1. The minimum atomic E-state index is -1.11. The summed E-state index contributed by atoms with van der Waals surface area (Å²) in [5.41, 5.74) is 2.95. The number of benzene rings is 2. The zero-order valence-electron chi connectivity index (χ0n) is 18.2. The number of imide groups is 1. The number of hydrogen-bond acceptors (Lipinski definition) is 5. The number of nitrogens with one attached hydrogen (secondary N) is 1. The van der Waals surface area contributed by atoms with Crippen molar-refractivity contribution in [1.82, 2.24) is 10.4 Å². The average Bonchev–Trinajstić information content (AvgIpc) is 3.11. The largest absolute Gasteiger partial charge is 0.484 e. The standard InChI is InChI=1S/C24H27N3O5/c1-3-17(4-2)23(30)27(25-21(28)16-32-19-13-9-6-10-14-19)20-15-22(29)26(24(20)31)18-11-7-5-8-12-18/h5-14,17,20H,3-4,15-16H2,1-2H3,(H,25,28). The third kappa shape index (κ3) is 5.14. The Hall–Kier alpha value is -3.68. The van der Waals surface area contributed by atoms with Gasteiger partial charge in [0.05, 0.1) is 12.1 Å². The Labute approximate surface area is 187 Å². The Kier molecular flexibility index (Phi) is 7.59. The van der Waals surface area contributed by atoms with Crippen LogP contribution in [0.1, 0.15) is 33.1 Å². The molecule has 1 aliphatic heterocycles. The van der Waals surface area contributed by atoms with Crippen LogP contribution in [0.15, 0.2) is 60.7 Å². The van der Waals surface area contributed by atoms with Crippen molar-refractivity contribution in [3.63, 3.8) is 0 Å². The third-order valence-corrected chi connectivity index (χ3v) is 5.38. The van der Waals surface area contributed by atoms with Crippen LogP contribution in [0.4, 0.5) is 5.69 Å². The molecule has 1 atom stereocenters. The van der Waals surface area contributed by atoms with Crippen molar-refractivity contribution in [2.45, 2.75) is 39.2 Å². The summed E-state index contributed by atoms with van der Waals surface area (Å²) in [6.07, 6.45) is 0.873. The number of hydrazine groups is 1. The summed E-state index contributed by atoms with van der Waals surface area (Å²) in [6.45, 7) is 3.39. The van der Waals surface area contributed by atoms with E-state index >= 15 is 0 Å². The van der Waals surface area contributed by atoms with Gasteiger partial charge < -0.3 is 4.74 Å². The lowest BCUT2D eigenvalue weighted by atomic mass is 10.0. The molecule has 32 heavy (non-hydrogen) atoms. The first-order chi connectivity index (χ1) is 15.5. The van der Waals surface area contributed by atoms with Crippen molar-refractivity contribution in [2.75, 3.05) is 11.5 Å². The highest BCUT2D eigenvalue weighted by molar-refractivity contribution is 6.23. The smallest absolute Gasteiger partial charge is 0.276 e. The Morgan fingerprint density at radius 2 is 1.62 bits per heavy atom. The molecule has 1 aliphatic rings. The average molecular weight is 437 g/mol. The molecule has 0 bridgehead atoms. The fourth-order valence-electron chi connectivity index (χ4n) is 3.62. The quantitative estimate of drug-likeness (QED) is 0.506.